The van der Waals surface area contributed by atoms with Crippen molar-refractivity contribution >= 4 is 14.4 Å². The van der Waals surface area contributed by atoms with Crippen molar-refractivity contribution in [1.29, 1.82) is 0 Å². The fourth-order valence-corrected chi connectivity index (χ4v) is 3.79. The summed E-state index contributed by atoms with van der Waals surface area (Å²) in [6.45, 7) is 17.2. The van der Waals surface area contributed by atoms with E-state index in [0.717, 1.165) is 6.42 Å². The highest BCUT2D eigenvalue weighted by atomic mass is 28.4. The van der Waals surface area contributed by atoms with Crippen LogP contribution >= 0.6 is 0 Å². The Labute approximate surface area is 148 Å². The van der Waals surface area contributed by atoms with E-state index in [1.165, 1.54) is 0 Å². The molecule has 0 aromatic heterocycles. The maximum atomic E-state index is 12.5. The average Bonchev–Trinajstić information content (AvgIpc) is 2.75. The van der Waals surface area contributed by atoms with Gasteiger partial charge >= 0.3 is 6.09 Å². The quantitative estimate of drug-likeness (QED) is 0.612. The van der Waals surface area contributed by atoms with Crippen molar-refractivity contribution in [2.24, 2.45) is 0 Å². The van der Waals surface area contributed by atoms with Crippen molar-refractivity contribution in [3.63, 3.8) is 0 Å². The SMILES string of the molecule is CC(C)(C)OC(=O)N1C[C@H](O[Si](C)(C)C(C)(C)C)C[C@H]1C=CCO. The third kappa shape index (κ3) is 5.90. The van der Waals surface area contributed by atoms with Gasteiger partial charge in [0.2, 0.25) is 0 Å². The Hall–Kier alpha value is -0.853. The highest BCUT2D eigenvalue weighted by molar-refractivity contribution is 6.74. The van der Waals surface area contributed by atoms with Crippen LogP contribution in [-0.4, -0.2) is 55.3 Å². The Balaban J connectivity index is 2.87. The summed E-state index contributed by atoms with van der Waals surface area (Å²) in [5.41, 5.74) is -0.527. The van der Waals surface area contributed by atoms with Crippen LogP contribution in [0.2, 0.25) is 18.1 Å². The number of likely N-dealkylation sites (tertiary alicyclic amines) is 1. The highest BCUT2D eigenvalue weighted by Crippen LogP contribution is 2.39. The maximum Gasteiger partial charge on any atom is 0.410 e. The van der Waals surface area contributed by atoms with Gasteiger partial charge < -0.3 is 14.3 Å². The van der Waals surface area contributed by atoms with E-state index in [9.17, 15) is 4.79 Å². The summed E-state index contributed by atoms with van der Waals surface area (Å²) in [7, 11) is -1.89. The number of carbonyl (C=O) groups is 1. The fourth-order valence-electron chi connectivity index (χ4n) is 2.44. The molecule has 2 atom stereocenters. The molecule has 1 amide bonds. The number of ether oxygens (including phenoxy) is 1. The monoisotopic (exact) mass is 357 g/mol. The van der Waals surface area contributed by atoms with Gasteiger partial charge in [0.15, 0.2) is 8.32 Å². The van der Waals surface area contributed by atoms with E-state index >= 15 is 0 Å². The van der Waals surface area contributed by atoms with Crippen LogP contribution in [0.3, 0.4) is 0 Å². The lowest BCUT2D eigenvalue weighted by Crippen LogP contribution is -2.45. The Morgan fingerprint density at radius 1 is 1.25 bits per heavy atom. The van der Waals surface area contributed by atoms with Crippen LogP contribution < -0.4 is 0 Å². The van der Waals surface area contributed by atoms with Crippen LogP contribution in [0, 0.1) is 0 Å². The first-order valence-electron chi connectivity index (χ1n) is 8.72. The lowest BCUT2D eigenvalue weighted by Gasteiger charge is -2.38. The smallest absolute Gasteiger partial charge is 0.410 e. The average molecular weight is 358 g/mol. The molecule has 1 N–H and O–H groups in total. The summed E-state index contributed by atoms with van der Waals surface area (Å²) in [4.78, 5) is 14.2. The van der Waals surface area contributed by atoms with E-state index < -0.39 is 13.9 Å². The molecule has 0 aromatic rings. The molecule has 0 unspecified atom stereocenters. The second-order valence-electron chi connectivity index (χ2n) is 9.05. The zero-order chi connectivity index (χ0) is 18.8. The fraction of sp³-hybridized carbons (Fsp3) is 0.833. The van der Waals surface area contributed by atoms with Gasteiger partial charge in [0, 0.05) is 6.54 Å². The first-order chi connectivity index (χ1) is 10.8. The molecule has 0 saturated carbocycles. The molecule has 5 nitrogen and oxygen atoms in total. The summed E-state index contributed by atoms with van der Waals surface area (Å²) in [5.74, 6) is 0. The number of aliphatic hydroxyl groups excluding tert-OH is 1. The summed E-state index contributed by atoms with van der Waals surface area (Å²) in [6.07, 6.45) is 3.97. The summed E-state index contributed by atoms with van der Waals surface area (Å²) in [6, 6.07) is -0.0956. The molecule has 0 aromatic carbocycles. The van der Waals surface area contributed by atoms with E-state index in [2.05, 4.69) is 33.9 Å². The van der Waals surface area contributed by atoms with Gasteiger partial charge in [-0.05, 0) is 45.3 Å². The molecule has 140 valence electrons. The third-order valence-corrected chi connectivity index (χ3v) is 9.20. The summed E-state index contributed by atoms with van der Waals surface area (Å²) < 4.78 is 12.0. The summed E-state index contributed by atoms with van der Waals surface area (Å²) >= 11 is 0. The number of hydrogen-bond acceptors (Lipinski definition) is 4. The lowest BCUT2D eigenvalue weighted by atomic mass is 10.2. The molecule has 0 aliphatic carbocycles. The number of aliphatic hydroxyl groups is 1. The Bertz CT molecular complexity index is 463. The molecule has 6 heteroatoms. The second kappa shape index (κ2) is 7.58. The van der Waals surface area contributed by atoms with Gasteiger partial charge in [-0.3, -0.25) is 4.90 Å². The van der Waals surface area contributed by atoms with Crippen molar-refractivity contribution < 1.29 is 19.1 Å². The minimum absolute atomic E-state index is 0.00625. The van der Waals surface area contributed by atoms with Crippen molar-refractivity contribution in [2.45, 2.75) is 83.8 Å². The minimum Gasteiger partial charge on any atom is -0.444 e. The molecule has 0 spiro atoms. The molecule has 0 radical (unpaired) electrons. The Kier molecular flexibility index (Phi) is 6.69. The predicted octanol–water partition coefficient (Wildman–Crippen LogP) is 3.93. The lowest BCUT2D eigenvalue weighted by molar-refractivity contribution is 0.0237. The predicted molar refractivity (Wildman–Crippen MR) is 99.6 cm³/mol. The topological polar surface area (TPSA) is 59.0 Å². The van der Waals surface area contributed by atoms with E-state index in [0.29, 0.717) is 6.54 Å². The number of hydrogen-bond donors (Lipinski definition) is 1. The van der Waals surface area contributed by atoms with Crippen LogP contribution in [0.1, 0.15) is 48.0 Å². The Morgan fingerprint density at radius 3 is 2.29 bits per heavy atom. The van der Waals surface area contributed by atoms with Crippen LogP contribution in [0.4, 0.5) is 4.79 Å². The Morgan fingerprint density at radius 2 is 1.83 bits per heavy atom. The van der Waals surface area contributed by atoms with Gasteiger partial charge in [0.25, 0.3) is 0 Å². The van der Waals surface area contributed by atoms with Gasteiger partial charge in [-0.15, -0.1) is 0 Å². The minimum atomic E-state index is -1.89. The molecule has 0 bridgehead atoms. The number of rotatable bonds is 4. The van der Waals surface area contributed by atoms with Gasteiger partial charge in [0.05, 0.1) is 18.8 Å². The highest BCUT2D eigenvalue weighted by Gasteiger charge is 2.43. The molecule has 1 aliphatic rings. The second-order valence-corrected chi connectivity index (χ2v) is 13.8. The normalized spacial score (nSPS) is 23.1. The van der Waals surface area contributed by atoms with Crippen molar-refractivity contribution in [3.8, 4) is 0 Å². The van der Waals surface area contributed by atoms with Crippen LogP contribution in [0.25, 0.3) is 0 Å². The van der Waals surface area contributed by atoms with Crippen molar-refractivity contribution in [1.82, 2.24) is 4.90 Å². The molecule has 1 saturated heterocycles. The molecule has 1 fully saturated rings. The van der Waals surface area contributed by atoms with Crippen molar-refractivity contribution in [2.75, 3.05) is 13.2 Å². The standard InChI is InChI=1S/C18H35NO4Si/c1-17(2,3)22-16(21)19-13-15(12-14(19)10-9-11-20)23-24(7,8)18(4,5)6/h9-10,14-15,20H,11-13H2,1-8H3/t14-,15-/m1/s1. The van der Waals surface area contributed by atoms with E-state index in [4.69, 9.17) is 14.3 Å². The first-order valence-corrected chi connectivity index (χ1v) is 11.6. The van der Waals surface area contributed by atoms with Crippen LogP contribution in [0.15, 0.2) is 12.2 Å². The maximum absolute atomic E-state index is 12.5. The van der Waals surface area contributed by atoms with Crippen LogP contribution in [-0.2, 0) is 9.16 Å². The first kappa shape index (κ1) is 21.2. The van der Waals surface area contributed by atoms with E-state index in [1.807, 2.05) is 26.8 Å². The summed E-state index contributed by atoms with van der Waals surface area (Å²) in [5, 5.41) is 9.18. The molecule has 24 heavy (non-hydrogen) atoms. The molecular formula is C18H35NO4Si. The van der Waals surface area contributed by atoms with Crippen LogP contribution in [0.5, 0.6) is 0 Å². The zero-order valence-electron chi connectivity index (χ0n) is 16.5. The number of amides is 1. The largest absolute Gasteiger partial charge is 0.444 e. The van der Waals surface area contributed by atoms with Gasteiger partial charge in [-0.2, -0.15) is 0 Å². The van der Waals surface area contributed by atoms with Gasteiger partial charge in [0.1, 0.15) is 5.60 Å². The van der Waals surface area contributed by atoms with Crippen molar-refractivity contribution in [3.05, 3.63) is 12.2 Å². The number of carbonyl (C=O) groups excluding carboxylic acids is 1. The van der Waals surface area contributed by atoms with E-state index in [1.54, 1.807) is 11.0 Å². The number of nitrogens with zero attached hydrogens (tertiary/aromatic N) is 1. The molecule has 1 heterocycles. The third-order valence-electron chi connectivity index (χ3n) is 4.66. The van der Waals surface area contributed by atoms with E-state index in [-0.39, 0.29) is 29.9 Å². The molecule has 1 aliphatic heterocycles. The zero-order valence-corrected chi connectivity index (χ0v) is 17.5. The van der Waals surface area contributed by atoms with Gasteiger partial charge in [-0.1, -0.05) is 32.9 Å². The molecular weight excluding hydrogens is 322 g/mol. The van der Waals surface area contributed by atoms with Gasteiger partial charge in [-0.25, -0.2) is 4.79 Å². The molecule has 1 rings (SSSR count).